The van der Waals surface area contributed by atoms with E-state index >= 15 is 0 Å². The second-order valence-electron chi connectivity index (χ2n) is 7.53. The number of hydrogen-bond acceptors (Lipinski definition) is 4. The maximum absolute atomic E-state index is 12.6. The number of hydrazone groups is 1. The number of carbonyl (C=O) groups is 1. The second-order valence-corrected chi connectivity index (χ2v) is 7.53. The van der Waals surface area contributed by atoms with Crippen LogP contribution in [0.1, 0.15) is 24.2 Å². The van der Waals surface area contributed by atoms with E-state index in [4.69, 9.17) is 5.10 Å². The molecule has 2 heterocycles. The number of Topliss-reactive ketones (excluding diaryl/α,β-unsaturated/α-hetero) is 1. The van der Waals surface area contributed by atoms with Gasteiger partial charge in [-0.25, -0.2) is 5.01 Å². The fourth-order valence-corrected chi connectivity index (χ4v) is 4.00. The number of ketones is 1. The molecule has 0 spiro atoms. The summed E-state index contributed by atoms with van der Waals surface area (Å²) < 4.78 is 0. The summed E-state index contributed by atoms with van der Waals surface area (Å²) in [5, 5.41) is 7.84. The van der Waals surface area contributed by atoms with E-state index in [1.807, 2.05) is 70.7 Å². The van der Waals surface area contributed by atoms with Gasteiger partial charge in [-0.1, -0.05) is 54.1 Å². The molecule has 0 aliphatic carbocycles. The number of aromatic amines is 1. The summed E-state index contributed by atoms with van der Waals surface area (Å²) >= 11 is 0. The van der Waals surface area contributed by atoms with Crippen molar-refractivity contribution in [1.29, 1.82) is 0 Å². The number of rotatable bonds is 4. The van der Waals surface area contributed by atoms with Crippen LogP contribution in [0.5, 0.6) is 0 Å². The number of fused-ring (bicyclic) bond motifs is 1. The highest BCUT2D eigenvalue weighted by Gasteiger charge is 2.40. The number of para-hydroxylation sites is 2. The van der Waals surface area contributed by atoms with Gasteiger partial charge in [0, 0.05) is 35.3 Å². The number of carbonyl (C=O) groups excluding carboxylic acids is 1. The minimum absolute atomic E-state index is 0.0705. The molecule has 5 nitrogen and oxygen atoms in total. The predicted octanol–water partition coefficient (Wildman–Crippen LogP) is 5.40. The first-order valence-electron chi connectivity index (χ1n) is 9.99. The average Bonchev–Trinajstić information content (AvgIpc) is 3.36. The lowest BCUT2D eigenvalue weighted by molar-refractivity contribution is -0.111. The molecular weight excluding hydrogens is 372 g/mol. The Bertz CT molecular complexity index is 1240. The maximum atomic E-state index is 12.6. The van der Waals surface area contributed by atoms with Gasteiger partial charge in [0.1, 0.15) is 0 Å². The zero-order valence-electron chi connectivity index (χ0n) is 16.9. The third kappa shape index (κ3) is 2.95. The maximum Gasteiger partial charge on any atom is 0.198 e. The average molecular weight is 394 g/mol. The number of benzene rings is 3. The van der Waals surface area contributed by atoms with Crippen LogP contribution in [0, 0.1) is 6.92 Å². The number of aromatic nitrogens is 1. The van der Waals surface area contributed by atoms with Crippen molar-refractivity contribution in [2.24, 2.45) is 5.10 Å². The minimum atomic E-state index is -0.287. The molecule has 0 fully saturated rings. The fourth-order valence-electron chi connectivity index (χ4n) is 4.00. The van der Waals surface area contributed by atoms with Crippen molar-refractivity contribution in [3.05, 3.63) is 96.2 Å². The van der Waals surface area contributed by atoms with Crippen LogP contribution in [-0.4, -0.2) is 16.6 Å². The number of hydrogen-bond donors (Lipinski definition) is 1. The number of amidine groups is 1. The summed E-state index contributed by atoms with van der Waals surface area (Å²) in [5.41, 5.74) is 5.16. The summed E-state index contributed by atoms with van der Waals surface area (Å²) in [4.78, 5) is 18.1. The lowest BCUT2D eigenvalue weighted by atomic mass is 10.1. The van der Waals surface area contributed by atoms with Gasteiger partial charge in [-0.15, -0.1) is 5.10 Å². The van der Waals surface area contributed by atoms with Gasteiger partial charge in [-0.3, -0.25) is 9.69 Å². The molecule has 4 aromatic rings. The van der Waals surface area contributed by atoms with Crippen molar-refractivity contribution in [3.63, 3.8) is 0 Å². The summed E-state index contributed by atoms with van der Waals surface area (Å²) in [6.45, 7) is 3.63. The molecule has 1 N–H and O–H groups in total. The second kappa shape index (κ2) is 7.19. The third-order valence-corrected chi connectivity index (χ3v) is 5.45. The first-order valence-corrected chi connectivity index (χ1v) is 9.99. The van der Waals surface area contributed by atoms with E-state index in [0.29, 0.717) is 5.84 Å². The molecular formula is C25H22N4O. The molecule has 0 saturated carbocycles. The molecule has 0 amide bonds. The first-order chi connectivity index (χ1) is 14.6. The summed E-state index contributed by atoms with van der Waals surface area (Å²) in [6, 6.07) is 26.4. The van der Waals surface area contributed by atoms with E-state index in [1.54, 1.807) is 6.92 Å². The largest absolute Gasteiger partial charge is 0.361 e. The Morgan fingerprint density at radius 2 is 1.60 bits per heavy atom. The third-order valence-electron chi connectivity index (χ3n) is 5.45. The molecule has 0 unspecified atom stereocenters. The molecule has 0 bridgehead atoms. The molecule has 0 radical (unpaired) electrons. The van der Waals surface area contributed by atoms with Crippen LogP contribution in [-0.2, 0) is 4.79 Å². The molecule has 3 aromatic carbocycles. The Kier molecular flexibility index (Phi) is 4.36. The van der Waals surface area contributed by atoms with Crippen molar-refractivity contribution in [1.82, 2.24) is 4.98 Å². The molecule has 5 rings (SSSR count). The van der Waals surface area contributed by atoms with Gasteiger partial charge in [0.25, 0.3) is 0 Å². The quantitative estimate of drug-likeness (QED) is 0.504. The Balaban J connectivity index is 1.74. The molecule has 5 heteroatoms. The number of H-pyrrole nitrogens is 1. The summed E-state index contributed by atoms with van der Waals surface area (Å²) in [6.07, 6.45) is 1.73. The van der Waals surface area contributed by atoms with Crippen LogP contribution < -0.4 is 9.91 Å². The predicted molar refractivity (Wildman–Crippen MR) is 122 cm³/mol. The van der Waals surface area contributed by atoms with Crippen LogP contribution in [0.4, 0.5) is 11.4 Å². The van der Waals surface area contributed by atoms with Crippen LogP contribution in [0.2, 0.25) is 0 Å². The summed E-state index contributed by atoms with van der Waals surface area (Å²) in [5.74, 6) is 0.358. The van der Waals surface area contributed by atoms with Crippen LogP contribution >= 0.6 is 0 Å². The van der Waals surface area contributed by atoms with Crippen LogP contribution in [0.15, 0.2) is 90.2 Å². The van der Waals surface area contributed by atoms with Crippen molar-refractivity contribution >= 4 is 33.9 Å². The van der Waals surface area contributed by atoms with E-state index < -0.39 is 0 Å². The Hall–Kier alpha value is -3.86. The van der Waals surface area contributed by atoms with E-state index in [-0.39, 0.29) is 11.9 Å². The summed E-state index contributed by atoms with van der Waals surface area (Å²) in [7, 11) is 0. The fraction of sp³-hybridized carbons (Fsp3) is 0.120. The van der Waals surface area contributed by atoms with Crippen molar-refractivity contribution in [3.8, 4) is 0 Å². The topological polar surface area (TPSA) is 51.7 Å². The highest BCUT2D eigenvalue weighted by atomic mass is 16.1. The Morgan fingerprint density at radius 1 is 0.900 bits per heavy atom. The van der Waals surface area contributed by atoms with Gasteiger partial charge in [0.2, 0.25) is 0 Å². The lowest BCUT2D eigenvalue weighted by Gasteiger charge is -2.31. The number of aryl methyl sites for hydroxylation is 1. The smallest absolute Gasteiger partial charge is 0.198 e. The van der Waals surface area contributed by atoms with Crippen molar-refractivity contribution in [2.45, 2.75) is 20.0 Å². The highest BCUT2D eigenvalue weighted by molar-refractivity contribution is 6.44. The van der Waals surface area contributed by atoms with Gasteiger partial charge in [-0.05, 0) is 37.3 Å². The molecule has 1 aliphatic rings. The van der Waals surface area contributed by atoms with Crippen molar-refractivity contribution in [2.75, 3.05) is 9.91 Å². The normalized spacial score (nSPS) is 16.2. The van der Waals surface area contributed by atoms with Crippen LogP contribution in [0.3, 0.4) is 0 Å². The minimum Gasteiger partial charge on any atom is -0.361 e. The van der Waals surface area contributed by atoms with E-state index in [1.165, 1.54) is 5.56 Å². The number of nitrogens with one attached hydrogen (secondary N) is 1. The van der Waals surface area contributed by atoms with Gasteiger partial charge in [0.15, 0.2) is 17.8 Å². The van der Waals surface area contributed by atoms with Gasteiger partial charge in [0.05, 0.1) is 5.69 Å². The molecule has 0 saturated heterocycles. The van der Waals surface area contributed by atoms with Gasteiger partial charge >= 0.3 is 0 Å². The molecule has 1 aromatic heterocycles. The Morgan fingerprint density at radius 3 is 2.33 bits per heavy atom. The monoisotopic (exact) mass is 394 g/mol. The zero-order valence-corrected chi connectivity index (χ0v) is 16.9. The first kappa shape index (κ1) is 18.2. The van der Waals surface area contributed by atoms with E-state index in [0.717, 1.165) is 27.8 Å². The Labute approximate surface area is 175 Å². The van der Waals surface area contributed by atoms with Crippen molar-refractivity contribution < 1.29 is 4.79 Å². The standard InChI is InChI=1S/C25H22N4O/c1-17-12-14-19(15-13-17)28-24(18(2)30)27-29(20-8-4-3-5-9-20)25(28)22-16-26-23-11-7-6-10-21(22)23/h3-16,25-26H,1-2H3/t25-/m1/s1. The van der Waals surface area contributed by atoms with Gasteiger partial charge in [-0.2, -0.15) is 0 Å². The zero-order chi connectivity index (χ0) is 20.7. The molecule has 1 atom stereocenters. The van der Waals surface area contributed by atoms with E-state index in [2.05, 4.69) is 36.2 Å². The number of nitrogens with zero attached hydrogens (tertiary/aromatic N) is 3. The molecule has 148 valence electrons. The lowest BCUT2D eigenvalue weighted by Crippen LogP contribution is -2.37. The molecule has 30 heavy (non-hydrogen) atoms. The van der Waals surface area contributed by atoms with Gasteiger partial charge < -0.3 is 4.98 Å². The van der Waals surface area contributed by atoms with Crippen LogP contribution in [0.25, 0.3) is 10.9 Å². The number of anilines is 2. The van der Waals surface area contributed by atoms with E-state index in [9.17, 15) is 4.79 Å². The molecule has 1 aliphatic heterocycles. The highest BCUT2D eigenvalue weighted by Crippen LogP contribution is 2.41. The SMILES string of the molecule is CC(=O)C1=NN(c2ccccc2)[C@H](c2c[nH]c3ccccc23)N1c1ccc(C)cc1.